The van der Waals surface area contributed by atoms with Crippen LogP contribution in [-0.2, 0) is 11.8 Å². The van der Waals surface area contributed by atoms with Gasteiger partial charge < -0.3 is 15.2 Å². The lowest BCUT2D eigenvalue weighted by Crippen LogP contribution is -2.15. The highest BCUT2D eigenvalue weighted by molar-refractivity contribution is 6.33. The van der Waals surface area contributed by atoms with E-state index in [9.17, 15) is 9.18 Å². The lowest BCUT2D eigenvalue weighted by Gasteiger charge is -2.12. The second kappa shape index (κ2) is 8.45. The van der Waals surface area contributed by atoms with E-state index in [0.717, 1.165) is 18.9 Å². The molecule has 29 heavy (non-hydrogen) atoms. The third kappa shape index (κ3) is 4.30. The fourth-order valence-corrected chi connectivity index (χ4v) is 2.98. The quantitative estimate of drug-likeness (QED) is 0.642. The van der Waals surface area contributed by atoms with Crippen LogP contribution in [0.2, 0.25) is 5.02 Å². The van der Waals surface area contributed by atoms with E-state index in [1.165, 1.54) is 6.07 Å². The van der Waals surface area contributed by atoms with Crippen molar-refractivity contribution in [2.24, 2.45) is 13.0 Å². The van der Waals surface area contributed by atoms with Gasteiger partial charge in [-0.2, -0.15) is 5.26 Å². The van der Waals surface area contributed by atoms with Crippen molar-refractivity contribution in [3.63, 3.8) is 0 Å². The number of carbonyl (C=O) groups excluding carboxylic acids is 1. The molecule has 9 heteroatoms. The third-order valence-corrected chi connectivity index (χ3v) is 4.62. The molecule has 0 aliphatic heterocycles. The number of nitrogens with one attached hydrogen (secondary N) is 2. The van der Waals surface area contributed by atoms with Crippen molar-refractivity contribution in [2.45, 2.75) is 26.7 Å². The van der Waals surface area contributed by atoms with Gasteiger partial charge in [0.15, 0.2) is 5.82 Å². The van der Waals surface area contributed by atoms with Crippen molar-refractivity contribution in [1.29, 1.82) is 5.26 Å². The van der Waals surface area contributed by atoms with E-state index in [-0.39, 0.29) is 28.1 Å². The highest BCUT2D eigenvalue weighted by Gasteiger charge is 2.30. The van der Waals surface area contributed by atoms with Crippen LogP contribution in [0.25, 0.3) is 11.0 Å². The summed E-state index contributed by atoms with van der Waals surface area (Å²) in [6.07, 6.45) is 3.33. The first-order valence-electron chi connectivity index (χ1n) is 9.25. The lowest BCUT2D eigenvalue weighted by atomic mass is 10.2. The van der Waals surface area contributed by atoms with Crippen LogP contribution >= 0.6 is 11.6 Å². The minimum atomic E-state index is -0.672. The molecule has 2 N–H and O–H groups in total. The van der Waals surface area contributed by atoms with Crippen LogP contribution in [0, 0.1) is 23.1 Å². The Bertz CT molecular complexity index is 1090. The number of carbonyl (C=O) groups is 1. The van der Waals surface area contributed by atoms with Crippen LogP contribution in [-0.4, -0.2) is 20.4 Å². The van der Waals surface area contributed by atoms with Crippen molar-refractivity contribution in [1.82, 2.24) is 14.5 Å². The monoisotopic (exact) mass is 414 g/mol. The summed E-state index contributed by atoms with van der Waals surface area (Å²) >= 11 is 6.10. The smallest absolute Gasteiger partial charge is 0.228 e. The fourth-order valence-electron chi connectivity index (χ4n) is 2.73. The number of aromatic nitrogens is 3. The summed E-state index contributed by atoms with van der Waals surface area (Å²) in [5.74, 6) is -0.170. The number of anilines is 3. The van der Waals surface area contributed by atoms with Crippen LogP contribution in [0.5, 0.6) is 0 Å². The molecule has 0 radical (unpaired) electrons. The second-order valence-electron chi connectivity index (χ2n) is 6.39. The van der Waals surface area contributed by atoms with Gasteiger partial charge in [-0.15, -0.1) is 0 Å². The molecular formula is C20H20ClFN6O. The first kappa shape index (κ1) is 20.6. The summed E-state index contributed by atoms with van der Waals surface area (Å²) in [6, 6.07) is 5.99. The van der Waals surface area contributed by atoms with E-state index in [0.29, 0.717) is 22.7 Å². The Hall–Kier alpha value is -3.18. The Morgan fingerprint density at radius 1 is 1.34 bits per heavy atom. The predicted molar refractivity (Wildman–Crippen MR) is 111 cm³/mol. The summed E-state index contributed by atoms with van der Waals surface area (Å²) in [6.45, 7) is 4.00. The molecule has 1 aromatic carbocycles. The standard InChI is InChI=1S/C18H14ClFN6O.C2H6/c1-26-8-22-16-13(26)6-14(24-17(16)25-18(27)10-2-3-10)23-15-11(19)4-9(7-21)5-12(15)20;1-2/h4-6,8,10H,2-3H2,1H3,(H2,23,24,25,27);1-2H3. The van der Waals surface area contributed by atoms with Crippen LogP contribution in [0.1, 0.15) is 32.3 Å². The maximum Gasteiger partial charge on any atom is 0.228 e. The number of pyridine rings is 1. The second-order valence-corrected chi connectivity index (χ2v) is 6.80. The molecule has 7 nitrogen and oxygen atoms in total. The van der Waals surface area contributed by atoms with Gasteiger partial charge in [0.05, 0.1) is 34.2 Å². The van der Waals surface area contributed by atoms with Crippen molar-refractivity contribution in [2.75, 3.05) is 10.6 Å². The number of benzene rings is 1. The average molecular weight is 415 g/mol. The normalized spacial score (nSPS) is 12.7. The SMILES string of the molecule is CC.Cn1cnc2c(NC(=O)C3CC3)nc(Nc3c(F)cc(C#N)cc3Cl)cc21. The molecule has 1 aliphatic carbocycles. The highest BCUT2D eigenvalue weighted by Crippen LogP contribution is 2.33. The molecule has 1 saturated carbocycles. The van der Waals surface area contributed by atoms with Crippen LogP contribution in [0.3, 0.4) is 0 Å². The van der Waals surface area contributed by atoms with Gasteiger partial charge in [0, 0.05) is 19.0 Å². The van der Waals surface area contributed by atoms with Crippen molar-refractivity contribution >= 4 is 45.9 Å². The summed E-state index contributed by atoms with van der Waals surface area (Å²) in [7, 11) is 1.81. The molecule has 2 aromatic heterocycles. The van der Waals surface area contributed by atoms with E-state index >= 15 is 0 Å². The van der Waals surface area contributed by atoms with Gasteiger partial charge >= 0.3 is 0 Å². The number of halogens is 2. The molecule has 0 saturated heterocycles. The number of hydrogen-bond donors (Lipinski definition) is 2. The largest absolute Gasteiger partial charge is 0.336 e. The molecule has 4 rings (SSSR count). The first-order valence-corrected chi connectivity index (χ1v) is 9.63. The zero-order valence-electron chi connectivity index (χ0n) is 16.3. The molecule has 0 spiro atoms. The third-order valence-electron chi connectivity index (χ3n) is 4.33. The molecule has 3 aromatic rings. The van der Waals surface area contributed by atoms with Crippen molar-refractivity contribution in [3.8, 4) is 6.07 Å². The summed E-state index contributed by atoms with van der Waals surface area (Å²) in [5.41, 5.74) is 1.38. The number of fused-ring (bicyclic) bond motifs is 1. The highest BCUT2D eigenvalue weighted by atomic mass is 35.5. The van der Waals surface area contributed by atoms with Crippen molar-refractivity contribution < 1.29 is 9.18 Å². The van der Waals surface area contributed by atoms with Crippen LogP contribution in [0.15, 0.2) is 24.5 Å². The van der Waals surface area contributed by atoms with E-state index in [1.807, 2.05) is 19.9 Å². The number of nitrogens with zero attached hydrogens (tertiary/aromatic N) is 4. The maximum atomic E-state index is 14.3. The van der Waals surface area contributed by atoms with E-state index < -0.39 is 5.82 Å². The van der Waals surface area contributed by atoms with Gasteiger partial charge in [0.25, 0.3) is 0 Å². The molecule has 0 atom stereocenters. The molecular weight excluding hydrogens is 395 g/mol. The average Bonchev–Trinajstić information content (AvgIpc) is 3.50. The minimum absolute atomic E-state index is 0.00385. The molecule has 1 fully saturated rings. The van der Waals surface area contributed by atoms with Crippen molar-refractivity contribution in [3.05, 3.63) is 40.9 Å². The zero-order valence-corrected chi connectivity index (χ0v) is 17.0. The van der Waals surface area contributed by atoms with Gasteiger partial charge in [-0.3, -0.25) is 4.79 Å². The van der Waals surface area contributed by atoms with E-state index in [4.69, 9.17) is 16.9 Å². The zero-order chi connectivity index (χ0) is 21.1. The molecule has 1 amide bonds. The van der Waals surface area contributed by atoms with Gasteiger partial charge in [-0.1, -0.05) is 25.4 Å². The van der Waals surface area contributed by atoms with Gasteiger partial charge in [0.2, 0.25) is 5.91 Å². The topological polar surface area (TPSA) is 95.6 Å². The Morgan fingerprint density at radius 2 is 2.07 bits per heavy atom. The Labute approximate surface area is 172 Å². The van der Waals surface area contributed by atoms with Gasteiger partial charge in [-0.05, 0) is 25.0 Å². The Kier molecular flexibility index (Phi) is 5.99. The summed E-state index contributed by atoms with van der Waals surface area (Å²) in [4.78, 5) is 20.8. The fraction of sp³-hybridized carbons (Fsp3) is 0.300. The number of hydrogen-bond acceptors (Lipinski definition) is 5. The first-order chi connectivity index (χ1) is 14.0. The van der Waals surface area contributed by atoms with Gasteiger partial charge in [0.1, 0.15) is 17.2 Å². The van der Waals surface area contributed by atoms with Crippen LogP contribution < -0.4 is 10.6 Å². The molecule has 0 bridgehead atoms. The Balaban J connectivity index is 0.00000117. The number of amides is 1. The number of rotatable bonds is 4. The predicted octanol–water partition coefficient (Wildman–Crippen LogP) is 4.75. The van der Waals surface area contributed by atoms with Gasteiger partial charge in [-0.25, -0.2) is 14.4 Å². The lowest BCUT2D eigenvalue weighted by molar-refractivity contribution is -0.117. The number of nitriles is 1. The Morgan fingerprint density at radius 3 is 2.69 bits per heavy atom. The summed E-state index contributed by atoms with van der Waals surface area (Å²) in [5, 5.41) is 14.6. The molecule has 1 aliphatic rings. The van der Waals surface area contributed by atoms with Crippen LogP contribution in [0.4, 0.5) is 21.7 Å². The minimum Gasteiger partial charge on any atom is -0.336 e. The molecule has 150 valence electrons. The number of aryl methyl sites for hydroxylation is 1. The van der Waals surface area contributed by atoms with E-state index in [2.05, 4.69) is 20.6 Å². The maximum absolute atomic E-state index is 14.3. The summed E-state index contributed by atoms with van der Waals surface area (Å²) < 4.78 is 16.1. The van der Waals surface area contributed by atoms with E-state index in [1.54, 1.807) is 24.0 Å². The number of imidazole rings is 1. The molecule has 0 unspecified atom stereocenters. The molecule has 2 heterocycles.